The fraction of sp³-hybridized carbons (Fsp3) is 0.312. The molecule has 0 saturated carbocycles. The van der Waals surface area contributed by atoms with Crippen LogP contribution in [0.2, 0.25) is 0 Å². The average Bonchev–Trinajstić information content (AvgIpc) is 2.98. The lowest BCUT2D eigenvalue weighted by atomic mass is 10.2. The van der Waals surface area contributed by atoms with Crippen molar-refractivity contribution in [3.05, 3.63) is 47.5 Å². The van der Waals surface area contributed by atoms with Crippen molar-refractivity contribution in [2.45, 2.75) is 13.3 Å². The van der Waals surface area contributed by atoms with Crippen LogP contribution in [0.4, 0.5) is 4.39 Å². The van der Waals surface area contributed by atoms with Gasteiger partial charge in [-0.1, -0.05) is 6.92 Å². The zero-order valence-electron chi connectivity index (χ0n) is 13.2. The number of benzene rings is 1. The standard InChI is InChI=1S/C16H18FN3O4/c1-2-14-13(16(23)18-7-8-24-10-15(21)22)9-19-20(14)12-5-3-11(17)4-6-12/h3-6,9H,2,7-8,10H2,1H3,(H,18,23)(H,21,22). The summed E-state index contributed by atoms with van der Waals surface area (Å²) >= 11 is 0. The first-order valence-corrected chi connectivity index (χ1v) is 7.43. The molecule has 0 fully saturated rings. The number of nitrogens with one attached hydrogen (secondary N) is 1. The minimum Gasteiger partial charge on any atom is -0.480 e. The molecule has 0 aliphatic rings. The Balaban J connectivity index is 2.04. The molecular formula is C16H18FN3O4. The van der Waals surface area contributed by atoms with Crippen LogP contribution in [0, 0.1) is 5.82 Å². The normalized spacial score (nSPS) is 10.6. The molecule has 0 atom stereocenters. The van der Waals surface area contributed by atoms with Gasteiger partial charge in [0.25, 0.3) is 5.91 Å². The zero-order valence-corrected chi connectivity index (χ0v) is 13.2. The molecule has 0 bridgehead atoms. The number of hydrogen-bond donors (Lipinski definition) is 2. The summed E-state index contributed by atoms with van der Waals surface area (Å²) in [7, 11) is 0. The third-order valence-corrected chi connectivity index (χ3v) is 3.28. The molecule has 24 heavy (non-hydrogen) atoms. The van der Waals surface area contributed by atoms with Crippen molar-refractivity contribution < 1.29 is 23.8 Å². The first kappa shape index (κ1) is 17.6. The lowest BCUT2D eigenvalue weighted by Crippen LogP contribution is -2.28. The Kier molecular flexibility index (Phi) is 6.02. The van der Waals surface area contributed by atoms with Gasteiger partial charge in [0, 0.05) is 6.54 Å². The number of carbonyl (C=O) groups excluding carboxylic acids is 1. The van der Waals surface area contributed by atoms with Crippen LogP contribution in [-0.2, 0) is 16.0 Å². The molecule has 7 nitrogen and oxygen atoms in total. The van der Waals surface area contributed by atoms with E-state index in [-0.39, 0.29) is 24.9 Å². The van der Waals surface area contributed by atoms with E-state index >= 15 is 0 Å². The van der Waals surface area contributed by atoms with Crippen LogP contribution < -0.4 is 5.32 Å². The number of carboxylic acid groups (broad SMARTS) is 1. The van der Waals surface area contributed by atoms with Crippen molar-refractivity contribution >= 4 is 11.9 Å². The van der Waals surface area contributed by atoms with Crippen LogP contribution in [0.1, 0.15) is 23.0 Å². The molecule has 128 valence electrons. The Labute approximate surface area is 138 Å². The van der Waals surface area contributed by atoms with Crippen molar-refractivity contribution in [1.82, 2.24) is 15.1 Å². The summed E-state index contributed by atoms with van der Waals surface area (Å²) in [6.07, 6.45) is 2.02. The largest absolute Gasteiger partial charge is 0.480 e. The van der Waals surface area contributed by atoms with Gasteiger partial charge in [-0.2, -0.15) is 5.10 Å². The molecular weight excluding hydrogens is 317 g/mol. The van der Waals surface area contributed by atoms with Gasteiger partial charge in [-0.3, -0.25) is 4.79 Å². The van der Waals surface area contributed by atoms with Crippen molar-refractivity contribution in [2.75, 3.05) is 19.8 Å². The van der Waals surface area contributed by atoms with Crippen LogP contribution in [0.5, 0.6) is 0 Å². The topological polar surface area (TPSA) is 93.4 Å². The first-order valence-electron chi connectivity index (χ1n) is 7.43. The SMILES string of the molecule is CCc1c(C(=O)NCCOCC(=O)O)cnn1-c1ccc(F)cc1. The summed E-state index contributed by atoms with van der Waals surface area (Å²) in [6.45, 7) is 1.78. The van der Waals surface area contributed by atoms with Crippen LogP contribution in [0.25, 0.3) is 5.69 Å². The lowest BCUT2D eigenvalue weighted by molar-refractivity contribution is -0.142. The number of nitrogens with zero attached hydrogens (tertiary/aromatic N) is 2. The van der Waals surface area contributed by atoms with Gasteiger partial charge in [0.1, 0.15) is 12.4 Å². The number of halogens is 1. The molecule has 0 aliphatic heterocycles. The Morgan fingerprint density at radius 3 is 2.67 bits per heavy atom. The van der Waals surface area contributed by atoms with Gasteiger partial charge in [0.15, 0.2) is 0 Å². The van der Waals surface area contributed by atoms with Crippen LogP contribution in [0.3, 0.4) is 0 Å². The van der Waals surface area contributed by atoms with E-state index in [1.165, 1.54) is 18.3 Å². The third kappa shape index (κ3) is 4.39. The molecule has 2 aromatic rings. The molecule has 2 N–H and O–H groups in total. The summed E-state index contributed by atoms with van der Waals surface area (Å²) in [4.78, 5) is 22.5. The van der Waals surface area contributed by atoms with Crippen molar-refractivity contribution in [3.8, 4) is 5.69 Å². The summed E-state index contributed by atoms with van der Waals surface area (Å²) in [5, 5.41) is 15.3. The van der Waals surface area contributed by atoms with E-state index in [4.69, 9.17) is 9.84 Å². The Hall–Kier alpha value is -2.74. The van der Waals surface area contributed by atoms with Gasteiger partial charge in [-0.25, -0.2) is 13.9 Å². The molecule has 0 saturated heterocycles. The van der Waals surface area contributed by atoms with E-state index in [0.717, 1.165) is 0 Å². The van der Waals surface area contributed by atoms with Crippen LogP contribution >= 0.6 is 0 Å². The van der Waals surface area contributed by atoms with E-state index in [0.29, 0.717) is 23.4 Å². The Morgan fingerprint density at radius 1 is 1.33 bits per heavy atom. The van der Waals surface area contributed by atoms with E-state index in [2.05, 4.69) is 10.4 Å². The second-order valence-electron chi connectivity index (χ2n) is 4.95. The average molecular weight is 335 g/mol. The van der Waals surface area contributed by atoms with Gasteiger partial charge in [0.05, 0.1) is 29.7 Å². The quantitative estimate of drug-likeness (QED) is 0.711. The highest BCUT2D eigenvalue weighted by atomic mass is 19.1. The zero-order chi connectivity index (χ0) is 17.5. The molecule has 1 heterocycles. The lowest BCUT2D eigenvalue weighted by Gasteiger charge is -2.08. The van der Waals surface area contributed by atoms with E-state index in [1.807, 2.05) is 6.92 Å². The van der Waals surface area contributed by atoms with Crippen LogP contribution in [-0.4, -0.2) is 46.5 Å². The fourth-order valence-corrected chi connectivity index (χ4v) is 2.20. The number of carboxylic acids is 1. The maximum Gasteiger partial charge on any atom is 0.329 e. The highest BCUT2D eigenvalue weighted by Gasteiger charge is 2.16. The van der Waals surface area contributed by atoms with Gasteiger partial charge in [-0.15, -0.1) is 0 Å². The number of amides is 1. The van der Waals surface area contributed by atoms with Crippen LogP contribution in [0.15, 0.2) is 30.5 Å². The van der Waals surface area contributed by atoms with Gasteiger partial charge >= 0.3 is 5.97 Å². The molecule has 2 rings (SSSR count). The predicted molar refractivity (Wildman–Crippen MR) is 83.7 cm³/mol. The van der Waals surface area contributed by atoms with Gasteiger partial charge in [-0.05, 0) is 30.7 Å². The number of hydrogen-bond acceptors (Lipinski definition) is 4. The Bertz CT molecular complexity index is 713. The number of ether oxygens (including phenoxy) is 1. The number of aliphatic carboxylic acids is 1. The highest BCUT2D eigenvalue weighted by Crippen LogP contribution is 2.16. The highest BCUT2D eigenvalue weighted by molar-refractivity contribution is 5.95. The summed E-state index contributed by atoms with van der Waals surface area (Å²) in [5.74, 6) is -1.72. The molecule has 0 spiro atoms. The maximum absolute atomic E-state index is 13.0. The number of aromatic nitrogens is 2. The fourth-order valence-electron chi connectivity index (χ4n) is 2.20. The maximum atomic E-state index is 13.0. The second kappa shape index (κ2) is 8.21. The van der Waals surface area contributed by atoms with Crippen molar-refractivity contribution in [1.29, 1.82) is 0 Å². The van der Waals surface area contributed by atoms with E-state index in [1.54, 1.807) is 16.8 Å². The Morgan fingerprint density at radius 2 is 2.04 bits per heavy atom. The number of rotatable bonds is 8. The van der Waals surface area contributed by atoms with E-state index in [9.17, 15) is 14.0 Å². The minimum absolute atomic E-state index is 0.103. The van der Waals surface area contributed by atoms with E-state index < -0.39 is 12.6 Å². The molecule has 8 heteroatoms. The summed E-state index contributed by atoms with van der Waals surface area (Å²) in [6, 6.07) is 5.83. The summed E-state index contributed by atoms with van der Waals surface area (Å²) in [5.41, 5.74) is 1.78. The number of carbonyl (C=O) groups is 2. The molecule has 0 unspecified atom stereocenters. The first-order chi connectivity index (χ1) is 11.5. The van der Waals surface area contributed by atoms with Crippen molar-refractivity contribution in [2.24, 2.45) is 0 Å². The second-order valence-corrected chi connectivity index (χ2v) is 4.95. The van der Waals surface area contributed by atoms with Gasteiger partial charge < -0.3 is 15.2 Å². The molecule has 1 aromatic carbocycles. The molecule has 0 radical (unpaired) electrons. The predicted octanol–water partition coefficient (Wildman–Crippen LogP) is 1.40. The van der Waals surface area contributed by atoms with Gasteiger partial charge in [0.2, 0.25) is 0 Å². The molecule has 1 amide bonds. The monoisotopic (exact) mass is 335 g/mol. The minimum atomic E-state index is -1.06. The molecule has 1 aromatic heterocycles. The molecule has 0 aliphatic carbocycles. The smallest absolute Gasteiger partial charge is 0.329 e. The third-order valence-electron chi connectivity index (χ3n) is 3.28. The summed E-state index contributed by atoms with van der Waals surface area (Å²) < 4.78 is 19.5. The van der Waals surface area contributed by atoms with Crippen molar-refractivity contribution in [3.63, 3.8) is 0 Å².